The fraction of sp³-hybridized carbons (Fsp3) is 0.407. The summed E-state index contributed by atoms with van der Waals surface area (Å²) >= 11 is 0. The van der Waals surface area contributed by atoms with Crippen LogP contribution in [0.5, 0.6) is 0 Å². The number of pyridine rings is 1. The Balaban J connectivity index is 1.50. The number of methoxy groups -OCH3 is 1. The second-order valence-electron chi connectivity index (χ2n) is 9.80. The quantitative estimate of drug-likeness (QED) is 0.381. The van der Waals surface area contributed by atoms with Gasteiger partial charge >= 0.3 is 6.18 Å². The van der Waals surface area contributed by atoms with Crippen LogP contribution in [0.3, 0.4) is 0 Å². The first-order valence-corrected chi connectivity index (χ1v) is 12.7. The van der Waals surface area contributed by atoms with Crippen LogP contribution in [0, 0.1) is 13.8 Å². The van der Waals surface area contributed by atoms with Crippen LogP contribution >= 0.6 is 0 Å². The average molecular weight is 542 g/mol. The second kappa shape index (κ2) is 10.8. The molecule has 1 atom stereocenters. The van der Waals surface area contributed by atoms with Crippen molar-refractivity contribution in [2.75, 3.05) is 44.8 Å². The van der Waals surface area contributed by atoms with Gasteiger partial charge in [-0.25, -0.2) is 4.68 Å². The van der Waals surface area contributed by atoms with Crippen LogP contribution in [0.15, 0.2) is 47.3 Å². The van der Waals surface area contributed by atoms with Crippen molar-refractivity contribution in [1.82, 2.24) is 30.1 Å². The van der Waals surface area contributed by atoms with E-state index in [2.05, 4.69) is 25.4 Å². The van der Waals surface area contributed by atoms with Gasteiger partial charge in [0.1, 0.15) is 6.04 Å². The third kappa shape index (κ3) is 5.52. The van der Waals surface area contributed by atoms with Crippen LogP contribution in [0.1, 0.15) is 34.1 Å². The van der Waals surface area contributed by atoms with Gasteiger partial charge in [-0.15, -0.1) is 5.10 Å². The molecule has 0 bridgehead atoms. The molecule has 39 heavy (non-hydrogen) atoms. The highest BCUT2D eigenvalue weighted by Gasteiger charge is 2.34. The van der Waals surface area contributed by atoms with E-state index in [0.29, 0.717) is 56.4 Å². The molecule has 1 saturated heterocycles. The predicted molar refractivity (Wildman–Crippen MR) is 141 cm³/mol. The van der Waals surface area contributed by atoms with Crippen molar-refractivity contribution in [2.24, 2.45) is 0 Å². The average Bonchev–Trinajstić information content (AvgIpc) is 3.37. The van der Waals surface area contributed by atoms with Crippen molar-refractivity contribution in [2.45, 2.75) is 32.6 Å². The first-order chi connectivity index (χ1) is 18.7. The molecule has 1 aliphatic heterocycles. The number of ether oxygens (including phenoxy) is 1. The van der Waals surface area contributed by atoms with E-state index >= 15 is 0 Å². The van der Waals surface area contributed by atoms with Crippen LogP contribution in [0.2, 0.25) is 0 Å². The smallest absolute Gasteiger partial charge is 0.383 e. The highest BCUT2D eigenvalue weighted by Crippen LogP contribution is 2.33. The molecule has 5 rings (SSSR count). The number of aromatic amines is 1. The molecule has 1 N–H and O–H groups in total. The maximum atomic E-state index is 13.4. The molecule has 3 heterocycles. The van der Waals surface area contributed by atoms with Crippen LogP contribution in [0.25, 0.3) is 10.9 Å². The molecule has 12 heteroatoms. The number of anilines is 1. The van der Waals surface area contributed by atoms with Crippen molar-refractivity contribution < 1.29 is 17.9 Å². The maximum absolute atomic E-state index is 13.4. The van der Waals surface area contributed by atoms with E-state index in [0.717, 1.165) is 28.1 Å². The van der Waals surface area contributed by atoms with Gasteiger partial charge in [0.05, 0.1) is 18.7 Å². The van der Waals surface area contributed by atoms with E-state index < -0.39 is 17.8 Å². The molecule has 1 aliphatic rings. The Kier molecular flexibility index (Phi) is 7.41. The van der Waals surface area contributed by atoms with Gasteiger partial charge in [0.2, 0.25) is 0 Å². The van der Waals surface area contributed by atoms with Crippen LogP contribution in [-0.2, 0) is 17.5 Å². The Morgan fingerprint density at radius 1 is 1.05 bits per heavy atom. The normalized spacial score (nSPS) is 15.7. The van der Waals surface area contributed by atoms with E-state index in [1.54, 1.807) is 17.9 Å². The summed E-state index contributed by atoms with van der Waals surface area (Å²) < 4.78 is 46.7. The third-order valence-corrected chi connectivity index (χ3v) is 7.31. The summed E-state index contributed by atoms with van der Waals surface area (Å²) in [6, 6.07) is 10.7. The summed E-state index contributed by atoms with van der Waals surface area (Å²) in [7, 11) is 1.59. The summed E-state index contributed by atoms with van der Waals surface area (Å²) in [4.78, 5) is 20.5. The number of H-pyrrole nitrogens is 1. The molecule has 0 spiro atoms. The van der Waals surface area contributed by atoms with E-state index in [1.807, 2.05) is 36.9 Å². The summed E-state index contributed by atoms with van der Waals surface area (Å²) in [5, 5.41) is 13.2. The van der Waals surface area contributed by atoms with E-state index in [-0.39, 0.29) is 5.56 Å². The van der Waals surface area contributed by atoms with Crippen molar-refractivity contribution >= 4 is 16.6 Å². The molecule has 9 nitrogen and oxygen atoms in total. The topological polar surface area (TPSA) is 92.2 Å². The number of aryl methyl sites for hydroxylation is 2. The van der Waals surface area contributed by atoms with Crippen molar-refractivity contribution in [3.05, 3.63) is 80.9 Å². The van der Waals surface area contributed by atoms with E-state index in [9.17, 15) is 18.0 Å². The lowest BCUT2D eigenvalue weighted by molar-refractivity contribution is -0.137. The molecule has 0 aliphatic carbocycles. The molecule has 0 amide bonds. The molecule has 2 aromatic carbocycles. The fourth-order valence-corrected chi connectivity index (χ4v) is 5.06. The molecule has 0 saturated carbocycles. The number of piperazine rings is 1. The lowest BCUT2D eigenvalue weighted by atomic mass is 10.00. The number of hydrogen-bond donors (Lipinski definition) is 1. The van der Waals surface area contributed by atoms with E-state index in [1.165, 1.54) is 12.1 Å². The van der Waals surface area contributed by atoms with Crippen molar-refractivity contribution in [3.63, 3.8) is 0 Å². The monoisotopic (exact) mass is 541 g/mol. The Morgan fingerprint density at radius 3 is 2.51 bits per heavy atom. The Bertz CT molecular complexity index is 1520. The zero-order chi connectivity index (χ0) is 27.7. The standard InChI is InChI=1S/C27H30F3N7O2/c1-17-13-19-15-22(26(38)31-23(19)14-18(17)2)24(25-32-33-34-37(25)11-12-39-3)36-9-7-35(8-10-36)21-6-4-5-20(16-21)27(28,29)30/h4-6,13-16,24H,7-12H2,1-3H3,(H,31,38)/t24-/m0/s1. The molecular formula is C27H30F3N7O2. The number of aromatic nitrogens is 5. The van der Waals surface area contributed by atoms with Gasteiger partial charge in [-0.2, -0.15) is 13.2 Å². The Morgan fingerprint density at radius 2 is 1.79 bits per heavy atom. The lowest BCUT2D eigenvalue weighted by Gasteiger charge is -2.39. The largest absolute Gasteiger partial charge is 0.416 e. The number of alkyl halides is 3. The number of halogens is 3. The highest BCUT2D eigenvalue weighted by atomic mass is 19.4. The second-order valence-corrected chi connectivity index (χ2v) is 9.80. The molecule has 206 valence electrons. The van der Waals surface area contributed by atoms with Gasteiger partial charge in [-0.1, -0.05) is 6.07 Å². The first-order valence-electron chi connectivity index (χ1n) is 12.7. The minimum absolute atomic E-state index is 0.239. The minimum Gasteiger partial charge on any atom is -0.383 e. The van der Waals surface area contributed by atoms with Crippen molar-refractivity contribution in [1.29, 1.82) is 0 Å². The number of benzene rings is 2. The number of rotatable bonds is 7. The van der Waals surface area contributed by atoms with E-state index in [4.69, 9.17) is 4.74 Å². The van der Waals surface area contributed by atoms with Crippen molar-refractivity contribution in [3.8, 4) is 0 Å². The predicted octanol–water partition coefficient (Wildman–Crippen LogP) is 3.71. The Labute approximate surface area is 223 Å². The minimum atomic E-state index is -4.41. The molecule has 0 unspecified atom stereocenters. The molecular weight excluding hydrogens is 511 g/mol. The summed E-state index contributed by atoms with van der Waals surface area (Å²) in [6.07, 6.45) is -4.41. The maximum Gasteiger partial charge on any atom is 0.416 e. The highest BCUT2D eigenvalue weighted by molar-refractivity contribution is 5.81. The number of nitrogens with zero attached hydrogens (tertiary/aromatic N) is 6. The van der Waals surface area contributed by atoms with Gasteiger partial charge in [0, 0.05) is 50.1 Å². The third-order valence-electron chi connectivity index (χ3n) is 7.31. The van der Waals surface area contributed by atoms with Gasteiger partial charge < -0.3 is 14.6 Å². The molecule has 2 aromatic heterocycles. The Hall–Kier alpha value is -3.77. The zero-order valence-electron chi connectivity index (χ0n) is 22.0. The molecule has 4 aromatic rings. The first kappa shape index (κ1) is 26.8. The number of hydrogen-bond acceptors (Lipinski definition) is 7. The number of tetrazole rings is 1. The lowest BCUT2D eigenvalue weighted by Crippen LogP contribution is -2.49. The molecule has 0 radical (unpaired) electrons. The van der Waals surface area contributed by atoms with Gasteiger partial charge in [0.25, 0.3) is 5.56 Å². The fourth-order valence-electron chi connectivity index (χ4n) is 5.06. The van der Waals surface area contributed by atoms with Gasteiger partial charge in [-0.05, 0) is 77.2 Å². The summed E-state index contributed by atoms with van der Waals surface area (Å²) in [5.74, 6) is 0.508. The number of nitrogens with one attached hydrogen (secondary N) is 1. The zero-order valence-corrected chi connectivity index (χ0v) is 22.0. The number of fused-ring (bicyclic) bond motifs is 1. The van der Waals surface area contributed by atoms with Crippen LogP contribution in [0.4, 0.5) is 18.9 Å². The summed E-state index contributed by atoms with van der Waals surface area (Å²) in [5.41, 5.74) is 3.04. The van der Waals surface area contributed by atoms with Crippen LogP contribution in [-0.4, -0.2) is 70.0 Å². The summed E-state index contributed by atoms with van der Waals surface area (Å²) in [6.45, 7) is 6.74. The van der Waals surface area contributed by atoms with Crippen LogP contribution < -0.4 is 10.5 Å². The SMILES string of the molecule is COCCn1nnnc1[C@H](c1cc2cc(C)c(C)cc2[nH]c1=O)N1CCN(c2cccc(C(F)(F)F)c2)CC1. The van der Waals surface area contributed by atoms with Gasteiger partial charge in [0.15, 0.2) is 5.82 Å². The van der Waals surface area contributed by atoms with Gasteiger partial charge in [-0.3, -0.25) is 9.69 Å². The molecule has 1 fully saturated rings.